The van der Waals surface area contributed by atoms with Gasteiger partial charge in [0.2, 0.25) is 5.79 Å². The summed E-state index contributed by atoms with van der Waals surface area (Å²) in [6, 6.07) is -1.00. The highest BCUT2D eigenvalue weighted by Crippen LogP contribution is 2.21. The molecule has 0 saturated carbocycles. The van der Waals surface area contributed by atoms with Crippen molar-refractivity contribution in [2.24, 2.45) is 5.73 Å². The third-order valence-corrected chi connectivity index (χ3v) is 2.00. The third kappa shape index (κ3) is 1.45. The SMILES string of the molecule is N[C@H]1[C@@H](O)CO[C@@](O)(CO)[C@H]1O. The van der Waals surface area contributed by atoms with Gasteiger partial charge in [0.1, 0.15) is 6.10 Å². The second-order valence-electron chi connectivity index (χ2n) is 2.90. The monoisotopic (exact) mass is 179 g/mol. The first-order valence-corrected chi connectivity index (χ1v) is 3.60. The number of rotatable bonds is 1. The summed E-state index contributed by atoms with van der Waals surface area (Å²) in [6.07, 6.45) is -2.50. The normalized spacial score (nSPS) is 49.2. The lowest BCUT2D eigenvalue weighted by molar-refractivity contribution is -0.310. The Balaban J connectivity index is 2.71. The van der Waals surface area contributed by atoms with Crippen LogP contribution in [0.4, 0.5) is 0 Å². The average molecular weight is 179 g/mol. The van der Waals surface area contributed by atoms with Crippen LogP contribution in [-0.2, 0) is 4.74 Å². The Kier molecular flexibility index (Phi) is 2.67. The summed E-state index contributed by atoms with van der Waals surface area (Å²) in [5.41, 5.74) is 5.32. The molecule has 1 saturated heterocycles. The number of ether oxygens (including phenoxy) is 1. The first-order valence-electron chi connectivity index (χ1n) is 3.60. The Morgan fingerprint density at radius 1 is 1.50 bits per heavy atom. The molecule has 6 N–H and O–H groups in total. The van der Waals surface area contributed by atoms with Crippen molar-refractivity contribution in [3.05, 3.63) is 0 Å². The molecule has 0 aromatic rings. The van der Waals surface area contributed by atoms with E-state index in [2.05, 4.69) is 4.74 Å². The van der Waals surface area contributed by atoms with E-state index in [1.807, 2.05) is 0 Å². The summed E-state index contributed by atoms with van der Waals surface area (Å²) < 4.78 is 4.64. The largest absolute Gasteiger partial charge is 0.391 e. The molecular formula is C6H13NO5. The lowest BCUT2D eigenvalue weighted by atomic mass is 9.96. The van der Waals surface area contributed by atoms with E-state index in [9.17, 15) is 10.2 Å². The molecule has 0 bridgehead atoms. The molecule has 0 amide bonds. The van der Waals surface area contributed by atoms with Crippen LogP contribution in [0.25, 0.3) is 0 Å². The lowest BCUT2D eigenvalue weighted by Crippen LogP contribution is -2.65. The standard InChI is InChI=1S/C6H13NO5/c7-4-3(9)1-12-6(11,2-8)5(4)10/h3-5,8-11H,1-2,7H2/t3-,4-,5-,6-/m0/s1. The topological polar surface area (TPSA) is 116 Å². The molecule has 1 heterocycles. The molecule has 0 unspecified atom stereocenters. The molecule has 1 rings (SSSR count). The highest BCUT2D eigenvalue weighted by Gasteiger charge is 2.46. The third-order valence-electron chi connectivity index (χ3n) is 2.00. The van der Waals surface area contributed by atoms with Crippen LogP contribution < -0.4 is 5.73 Å². The molecule has 6 nitrogen and oxygen atoms in total. The van der Waals surface area contributed by atoms with E-state index < -0.39 is 30.6 Å². The van der Waals surface area contributed by atoms with Gasteiger partial charge in [-0.25, -0.2) is 0 Å². The zero-order valence-electron chi connectivity index (χ0n) is 6.42. The van der Waals surface area contributed by atoms with Crippen LogP contribution in [0.1, 0.15) is 0 Å². The fourth-order valence-corrected chi connectivity index (χ4v) is 1.08. The van der Waals surface area contributed by atoms with Gasteiger partial charge in [-0.05, 0) is 0 Å². The van der Waals surface area contributed by atoms with Gasteiger partial charge in [-0.1, -0.05) is 0 Å². The minimum absolute atomic E-state index is 0.199. The minimum Gasteiger partial charge on any atom is -0.391 e. The number of hydrogen-bond acceptors (Lipinski definition) is 6. The Labute approximate surface area is 69.2 Å². The van der Waals surface area contributed by atoms with E-state index in [-0.39, 0.29) is 6.61 Å². The summed E-state index contributed by atoms with van der Waals surface area (Å²) >= 11 is 0. The van der Waals surface area contributed by atoms with Gasteiger partial charge in [0, 0.05) is 0 Å². The van der Waals surface area contributed by atoms with Gasteiger partial charge in [-0.2, -0.15) is 0 Å². The predicted octanol–water partition coefficient (Wildman–Crippen LogP) is -3.25. The molecule has 4 atom stereocenters. The number of aliphatic hydroxyl groups is 4. The quantitative estimate of drug-likeness (QED) is 0.288. The molecule has 12 heavy (non-hydrogen) atoms. The number of aliphatic hydroxyl groups excluding tert-OH is 3. The smallest absolute Gasteiger partial charge is 0.217 e. The second-order valence-corrected chi connectivity index (χ2v) is 2.90. The summed E-state index contributed by atoms with van der Waals surface area (Å²) in [5, 5.41) is 36.3. The zero-order chi connectivity index (χ0) is 9.35. The molecule has 72 valence electrons. The van der Waals surface area contributed by atoms with E-state index in [0.29, 0.717) is 0 Å². The van der Waals surface area contributed by atoms with Crippen molar-refractivity contribution in [1.29, 1.82) is 0 Å². The maximum Gasteiger partial charge on any atom is 0.217 e. The van der Waals surface area contributed by atoms with E-state index in [1.165, 1.54) is 0 Å². The maximum absolute atomic E-state index is 9.32. The first-order chi connectivity index (χ1) is 5.51. The molecule has 0 aromatic heterocycles. The molecule has 1 aliphatic rings. The Morgan fingerprint density at radius 3 is 2.58 bits per heavy atom. The molecule has 0 spiro atoms. The van der Waals surface area contributed by atoms with Crippen molar-refractivity contribution in [3.8, 4) is 0 Å². The van der Waals surface area contributed by atoms with Gasteiger partial charge in [0.05, 0.1) is 25.4 Å². The maximum atomic E-state index is 9.32. The van der Waals surface area contributed by atoms with Crippen LogP contribution >= 0.6 is 0 Å². The molecule has 1 fully saturated rings. The Hall–Kier alpha value is -0.240. The van der Waals surface area contributed by atoms with Gasteiger partial charge in [-0.15, -0.1) is 0 Å². The van der Waals surface area contributed by atoms with Gasteiger partial charge < -0.3 is 30.9 Å². The van der Waals surface area contributed by atoms with Crippen molar-refractivity contribution in [2.75, 3.05) is 13.2 Å². The highest BCUT2D eigenvalue weighted by atomic mass is 16.7. The summed E-state index contributed by atoms with van der Waals surface area (Å²) in [5.74, 6) is -2.04. The summed E-state index contributed by atoms with van der Waals surface area (Å²) in [6.45, 7) is -0.954. The van der Waals surface area contributed by atoms with Gasteiger partial charge in [-0.3, -0.25) is 0 Å². The molecule has 1 aliphatic heterocycles. The Bertz CT molecular complexity index is 166. The van der Waals surface area contributed by atoms with Crippen molar-refractivity contribution in [3.63, 3.8) is 0 Å². The van der Waals surface area contributed by atoms with Crippen LogP contribution in [-0.4, -0.2) is 57.7 Å². The van der Waals surface area contributed by atoms with Crippen molar-refractivity contribution in [2.45, 2.75) is 24.0 Å². The highest BCUT2D eigenvalue weighted by molar-refractivity contribution is 4.93. The average Bonchev–Trinajstić information content (AvgIpc) is 2.09. The second kappa shape index (κ2) is 3.25. The minimum atomic E-state index is -2.04. The fourth-order valence-electron chi connectivity index (χ4n) is 1.08. The first kappa shape index (κ1) is 9.85. The molecular weight excluding hydrogens is 166 g/mol. The van der Waals surface area contributed by atoms with Crippen LogP contribution in [0.5, 0.6) is 0 Å². The molecule has 0 radical (unpaired) electrons. The van der Waals surface area contributed by atoms with Gasteiger partial charge >= 0.3 is 0 Å². The van der Waals surface area contributed by atoms with Gasteiger partial charge in [0.25, 0.3) is 0 Å². The summed E-state index contributed by atoms with van der Waals surface area (Å²) in [7, 11) is 0. The van der Waals surface area contributed by atoms with E-state index in [4.69, 9.17) is 15.9 Å². The molecule has 6 heteroatoms. The van der Waals surface area contributed by atoms with E-state index >= 15 is 0 Å². The summed E-state index contributed by atoms with van der Waals surface area (Å²) in [4.78, 5) is 0. The van der Waals surface area contributed by atoms with Crippen molar-refractivity contribution >= 4 is 0 Å². The van der Waals surface area contributed by atoms with Crippen LogP contribution in [0.2, 0.25) is 0 Å². The fraction of sp³-hybridized carbons (Fsp3) is 1.00. The van der Waals surface area contributed by atoms with E-state index in [1.54, 1.807) is 0 Å². The van der Waals surface area contributed by atoms with Crippen LogP contribution in [0, 0.1) is 0 Å². The number of nitrogens with two attached hydrogens (primary N) is 1. The van der Waals surface area contributed by atoms with Crippen molar-refractivity contribution < 1.29 is 25.2 Å². The molecule has 0 aromatic carbocycles. The van der Waals surface area contributed by atoms with Crippen molar-refractivity contribution in [1.82, 2.24) is 0 Å². The van der Waals surface area contributed by atoms with Crippen LogP contribution in [0.15, 0.2) is 0 Å². The van der Waals surface area contributed by atoms with Gasteiger partial charge in [0.15, 0.2) is 0 Å². The van der Waals surface area contributed by atoms with Crippen LogP contribution in [0.3, 0.4) is 0 Å². The molecule has 0 aliphatic carbocycles. The zero-order valence-corrected chi connectivity index (χ0v) is 6.42. The Morgan fingerprint density at radius 2 is 2.08 bits per heavy atom. The lowest BCUT2D eigenvalue weighted by Gasteiger charge is -2.41. The van der Waals surface area contributed by atoms with E-state index in [0.717, 1.165) is 0 Å². The predicted molar refractivity (Wildman–Crippen MR) is 38.0 cm³/mol. The number of hydrogen-bond donors (Lipinski definition) is 5.